The first-order valence-electron chi connectivity index (χ1n) is 8.27. The normalized spacial score (nSPS) is 19.8. The lowest BCUT2D eigenvalue weighted by Crippen LogP contribution is -2.22. The molecule has 2 aromatic carbocycles. The van der Waals surface area contributed by atoms with Crippen LogP contribution >= 0.6 is 24.0 Å². The molecule has 130 valence electrons. The number of benzene rings is 2. The molecule has 1 fully saturated rings. The molecule has 0 aliphatic carbocycles. The van der Waals surface area contributed by atoms with Crippen LogP contribution in [0.25, 0.3) is 11.5 Å². The number of nitrogens with one attached hydrogen (secondary N) is 1. The first-order valence-corrected chi connectivity index (χ1v) is 9.49. The molecule has 2 heterocycles. The highest BCUT2D eigenvalue weighted by atomic mass is 32.2. The summed E-state index contributed by atoms with van der Waals surface area (Å²) in [5.74, 6) is 1.06. The van der Waals surface area contributed by atoms with Crippen LogP contribution < -0.4 is 5.32 Å². The van der Waals surface area contributed by atoms with Crippen LogP contribution in [0, 0.1) is 0 Å². The minimum atomic E-state index is -0.213. The maximum absolute atomic E-state index is 12.3. The lowest BCUT2D eigenvalue weighted by Gasteiger charge is -2.20. The van der Waals surface area contributed by atoms with E-state index in [1.165, 1.54) is 11.8 Å². The molecule has 2 aromatic rings. The van der Waals surface area contributed by atoms with Gasteiger partial charge in [0.05, 0.1) is 5.70 Å². The molecule has 2 aliphatic heterocycles. The SMILES string of the molecule is CCN1C(=C2SC(=S)NC2=O)OC(c2ccccc2)=C1c1ccccc1. The summed E-state index contributed by atoms with van der Waals surface area (Å²) in [6.45, 7) is 2.70. The van der Waals surface area contributed by atoms with Crippen molar-refractivity contribution in [3.05, 3.63) is 82.6 Å². The molecular formula is C20H16N2O2S2. The summed E-state index contributed by atoms with van der Waals surface area (Å²) < 4.78 is 6.72. The summed E-state index contributed by atoms with van der Waals surface area (Å²) in [5, 5.41) is 2.67. The average Bonchev–Trinajstić information content (AvgIpc) is 3.22. The zero-order chi connectivity index (χ0) is 18.1. The molecule has 1 amide bonds. The van der Waals surface area contributed by atoms with Crippen molar-refractivity contribution < 1.29 is 9.53 Å². The van der Waals surface area contributed by atoms with Gasteiger partial charge in [0.1, 0.15) is 9.23 Å². The van der Waals surface area contributed by atoms with Gasteiger partial charge < -0.3 is 15.0 Å². The standard InChI is InChI=1S/C20H16N2O2S2/c1-2-22-15(13-9-5-3-6-10-13)16(14-11-7-4-8-12-14)24-19(22)17-18(23)21-20(25)26-17/h3-12H,2H2,1H3,(H,21,23,25). The van der Waals surface area contributed by atoms with Crippen LogP contribution in [0.15, 0.2) is 71.5 Å². The average molecular weight is 380 g/mol. The van der Waals surface area contributed by atoms with Crippen LogP contribution in [0.5, 0.6) is 0 Å². The largest absolute Gasteiger partial charge is 0.437 e. The third-order valence-electron chi connectivity index (χ3n) is 4.14. The summed E-state index contributed by atoms with van der Waals surface area (Å²) in [4.78, 5) is 14.8. The zero-order valence-electron chi connectivity index (χ0n) is 14.1. The second-order valence-corrected chi connectivity index (χ2v) is 7.42. The van der Waals surface area contributed by atoms with Crippen molar-refractivity contribution in [1.29, 1.82) is 0 Å². The monoisotopic (exact) mass is 380 g/mol. The van der Waals surface area contributed by atoms with E-state index >= 15 is 0 Å². The summed E-state index contributed by atoms with van der Waals surface area (Å²) in [5.41, 5.74) is 2.95. The van der Waals surface area contributed by atoms with Gasteiger partial charge in [-0.3, -0.25) is 4.79 Å². The van der Waals surface area contributed by atoms with Gasteiger partial charge in [-0.05, 0) is 18.7 Å². The molecule has 0 atom stereocenters. The Labute approximate surface area is 161 Å². The number of hydrogen-bond acceptors (Lipinski definition) is 5. The molecule has 26 heavy (non-hydrogen) atoms. The van der Waals surface area contributed by atoms with Gasteiger partial charge in [-0.25, -0.2) is 0 Å². The van der Waals surface area contributed by atoms with E-state index in [0.717, 1.165) is 22.6 Å². The van der Waals surface area contributed by atoms with E-state index in [4.69, 9.17) is 17.0 Å². The number of nitrogens with zero attached hydrogens (tertiary/aromatic N) is 1. The molecule has 0 unspecified atom stereocenters. The Bertz CT molecular complexity index is 937. The lowest BCUT2D eigenvalue weighted by atomic mass is 10.1. The smallest absolute Gasteiger partial charge is 0.269 e. The van der Waals surface area contributed by atoms with Crippen molar-refractivity contribution in [2.24, 2.45) is 0 Å². The Hall–Kier alpha value is -2.57. The van der Waals surface area contributed by atoms with Gasteiger partial charge in [0.2, 0.25) is 5.88 Å². The van der Waals surface area contributed by atoms with Crippen molar-refractivity contribution >= 4 is 45.7 Å². The Balaban J connectivity index is 1.90. The predicted octanol–water partition coefficient (Wildman–Crippen LogP) is 4.18. The van der Waals surface area contributed by atoms with E-state index in [9.17, 15) is 4.79 Å². The second-order valence-electron chi connectivity index (χ2n) is 5.73. The van der Waals surface area contributed by atoms with Gasteiger partial charge in [-0.15, -0.1) is 0 Å². The van der Waals surface area contributed by atoms with Crippen LogP contribution in [0.1, 0.15) is 18.1 Å². The molecule has 2 aliphatic rings. The molecule has 0 aromatic heterocycles. The van der Waals surface area contributed by atoms with E-state index in [2.05, 4.69) is 5.32 Å². The Kier molecular flexibility index (Phi) is 4.53. The van der Waals surface area contributed by atoms with E-state index in [1.54, 1.807) is 0 Å². The Morgan fingerprint density at radius 3 is 2.19 bits per heavy atom. The molecule has 4 nitrogen and oxygen atoms in total. The highest BCUT2D eigenvalue weighted by Gasteiger charge is 2.37. The number of amides is 1. The number of carbonyl (C=O) groups excluding carboxylic acids is 1. The van der Waals surface area contributed by atoms with Gasteiger partial charge in [0.15, 0.2) is 5.76 Å². The number of ether oxygens (including phenoxy) is 1. The van der Waals surface area contributed by atoms with Crippen LogP contribution in [0.3, 0.4) is 0 Å². The van der Waals surface area contributed by atoms with E-state index in [-0.39, 0.29) is 5.91 Å². The van der Waals surface area contributed by atoms with Crippen LogP contribution in [-0.4, -0.2) is 21.7 Å². The molecule has 0 spiro atoms. The van der Waals surface area contributed by atoms with Crippen molar-refractivity contribution in [2.75, 3.05) is 6.54 Å². The first-order chi connectivity index (χ1) is 12.7. The summed E-state index contributed by atoms with van der Waals surface area (Å²) in [7, 11) is 0. The molecule has 1 saturated heterocycles. The van der Waals surface area contributed by atoms with Crippen LogP contribution in [0.2, 0.25) is 0 Å². The van der Waals surface area contributed by atoms with Crippen molar-refractivity contribution in [2.45, 2.75) is 6.92 Å². The topological polar surface area (TPSA) is 41.6 Å². The molecule has 0 bridgehead atoms. The van der Waals surface area contributed by atoms with Crippen molar-refractivity contribution in [3.63, 3.8) is 0 Å². The number of carbonyl (C=O) groups is 1. The Morgan fingerprint density at radius 1 is 1.04 bits per heavy atom. The summed E-state index contributed by atoms with van der Waals surface area (Å²) in [6.07, 6.45) is 0. The van der Waals surface area contributed by atoms with Gasteiger partial charge in [-0.2, -0.15) is 0 Å². The highest BCUT2D eigenvalue weighted by Crippen LogP contribution is 2.44. The van der Waals surface area contributed by atoms with E-state index < -0.39 is 0 Å². The summed E-state index contributed by atoms with van der Waals surface area (Å²) >= 11 is 6.38. The van der Waals surface area contributed by atoms with E-state index in [0.29, 0.717) is 21.7 Å². The molecule has 6 heteroatoms. The van der Waals surface area contributed by atoms with Crippen molar-refractivity contribution in [1.82, 2.24) is 10.2 Å². The van der Waals surface area contributed by atoms with Gasteiger partial charge in [-0.1, -0.05) is 72.9 Å². The van der Waals surface area contributed by atoms with Gasteiger partial charge in [0, 0.05) is 17.7 Å². The van der Waals surface area contributed by atoms with Crippen LogP contribution in [0.4, 0.5) is 0 Å². The fourth-order valence-corrected chi connectivity index (χ4v) is 4.07. The first kappa shape index (κ1) is 16.9. The third-order valence-corrected chi connectivity index (χ3v) is 5.34. The molecule has 0 saturated carbocycles. The number of thiocarbonyl (C=S) groups is 1. The molecular weight excluding hydrogens is 364 g/mol. The maximum atomic E-state index is 12.3. The minimum Gasteiger partial charge on any atom is -0.437 e. The van der Waals surface area contributed by atoms with Gasteiger partial charge in [0.25, 0.3) is 5.91 Å². The predicted molar refractivity (Wildman–Crippen MR) is 109 cm³/mol. The van der Waals surface area contributed by atoms with E-state index in [1.807, 2.05) is 72.5 Å². The zero-order valence-corrected chi connectivity index (χ0v) is 15.7. The number of hydrogen-bond donors (Lipinski definition) is 1. The minimum absolute atomic E-state index is 0.213. The van der Waals surface area contributed by atoms with Crippen molar-refractivity contribution in [3.8, 4) is 0 Å². The molecule has 1 N–H and O–H groups in total. The Morgan fingerprint density at radius 2 is 1.65 bits per heavy atom. The fourth-order valence-electron chi connectivity index (χ4n) is 3.02. The maximum Gasteiger partial charge on any atom is 0.269 e. The quantitative estimate of drug-likeness (QED) is 0.639. The van der Waals surface area contributed by atoms with Crippen LogP contribution in [-0.2, 0) is 9.53 Å². The fraction of sp³-hybridized carbons (Fsp3) is 0.100. The third kappa shape index (κ3) is 2.91. The number of thioether (sulfide) groups is 1. The lowest BCUT2D eigenvalue weighted by molar-refractivity contribution is -0.115. The molecule has 4 rings (SSSR count). The van der Waals surface area contributed by atoms with Gasteiger partial charge >= 0.3 is 0 Å². The highest BCUT2D eigenvalue weighted by molar-refractivity contribution is 8.26. The second kappa shape index (κ2) is 6.97. The number of rotatable bonds is 3. The summed E-state index contributed by atoms with van der Waals surface area (Å²) in [6, 6.07) is 20.0. The molecule has 0 radical (unpaired) electrons.